The van der Waals surface area contributed by atoms with Crippen LogP contribution in [0.15, 0.2) is 67.0 Å². The summed E-state index contributed by atoms with van der Waals surface area (Å²) in [5.74, 6) is 0.0595. The molecule has 1 amide bonds. The number of para-hydroxylation sites is 1. The predicted octanol–water partition coefficient (Wildman–Crippen LogP) is 5.24. The van der Waals surface area contributed by atoms with Crippen LogP contribution < -0.4 is 5.32 Å². The maximum atomic E-state index is 12.7. The van der Waals surface area contributed by atoms with Gasteiger partial charge >= 0.3 is 0 Å². The van der Waals surface area contributed by atoms with Gasteiger partial charge in [0, 0.05) is 42.4 Å². The predicted molar refractivity (Wildman–Crippen MR) is 135 cm³/mol. The van der Waals surface area contributed by atoms with Crippen LogP contribution in [0.5, 0.6) is 0 Å². The molecule has 170 valence electrons. The second-order valence-corrected chi connectivity index (χ2v) is 9.22. The van der Waals surface area contributed by atoms with Gasteiger partial charge in [-0.3, -0.25) is 9.78 Å². The summed E-state index contributed by atoms with van der Waals surface area (Å²) >= 11 is 0. The quantitative estimate of drug-likeness (QED) is 0.428. The third-order valence-electron chi connectivity index (χ3n) is 7.03. The summed E-state index contributed by atoms with van der Waals surface area (Å²) in [5, 5.41) is 5.39. The Morgan fingerprint density at radius 3 is 2.82 bits per heavy atom. The first-order valence-electron chi connectivity index (χ1n) is 12.1. The van der Waals surface area contributed by atoms with Gasteiger partial charge in [-0.2, -0.15) is 0 Å². The molecule has 5 nitrogen and oxygen atoms in total. The lowest BCUT2D eigenvalue weighted by Crippen LogP contribution is -2.40. The van der Waals surface area contributed by atoms with E-state index in [0.29, 0.717) is 19.1 Å². The van der Waals surface area contributed by atoms with Crippen molar-refractivity contribution in [1.82, 2.24) is 19.8 Å². The molecule has 1 aliphatic carbocycles. The number of rotatable bonds is 7. The summed E-state index contributed by atoms with van der Waals surface area (Å²) in [6, 6.07) is 19.5. The molecule has 0 atom stereocenters. The maximum Gasteiger partial charge on any atom is 0.239 e. The zero-order valence-corrected chi connectivity index (χ0v) is 19.3. The summed E-state index contributed by atoms with van der Waals surface area (Å²) in [6.07, 6.45) is 10.5. The maximum absolute atomic E-state index is 12.7. The first-order valence-corrected chi connectivity index (χ1v) is 12.1. The second kappa shape index (κ2) is 9.75. The van der Waals surface area contributed by atoms with Gasteiger partial charge in [0.05, 0.1) is 5.52 Å². The zero-order valence-electron chi connectivity index (χ0n) is 19.3. The molecule has 1 saturated carbocycles. The van der Waals surface area contributed by atoms with Crippen LogP contribution in [0, 0.1) is 0 Å². The Morgan fingerprint density at radius 1 is 1.09 bits per heavy atom. The lowest BCUT2D eigenvalue weighted by atomic mass is 9.94. The van der Waals surface area contributed by atoms with E-state index in [-0.39, 0.29) is 5.91 Å². The van der Waals surface area contributed by atoms with Crippen LogP contribution >= 0.6 is 0 Å². The molecule has 0 spiro atoms. The van der Waals surface area contributed by atoms with Gasteiger partial charge in [0.25, 0.3) is 0 Å². The van der Waals surface area contributed by atoms with Crippen molar-refractivity contribution in [2.24, 2.45) is 0 Å². The second-order valence-electron chi connectivity index (χ2n) is 9.22. The van der Waals surface area contributed by atoms with Crippen molar-refractivity contribution >= 4 is 27.7 Å². The number of nitrogens with one attached hydrogen (secondary N) is 1. The topological polar surface area (TPSA) is 50.2 Å². The Morgan fingerprint density at radius 2 is 1.94 bits per heavy atom. The fourth-order valence-corrected chi connectivity index (χ4v) is 5.12. The average molecular weight is 441 g/mol. The average Bonchev–Trinajstić information content (AvgIpc) is 3.26. The van der Waals surface area contributed by atoms with Crippen LogP contribution in [-0.4, -0.2) is 46.5 Å². The number of carbonyl (C=O) groups excluding carboxylic acids is 1. The molecule has 5 rings (SSSR count). The number of fused-ring (bicyclic) bond motifs is 2. The fraction of sp³-hybridized carbons (Fsp3) is 0.357. The molecule has 0 bridgehead atoms. The largest absolute Gasteiger partial charge is 0.353 e. The minimum Gasteiger partial charge on any atom is -0.353 e. The number of aromatic nitrogens is 2. The molecule has 1 N–H and O–H groups in total. The SMILES string of the molecule is CN(CCNC(=O)Cn1ccc2ccc(-c3ccnc4ccccc34)cc21)C1CCCCC1. The van der Waals surface area contributed by atoms with Gasteiger partial charge in [-0.1, -0.05) is 49.6 Å². The monoisotopic (exact) mass is 440 g/mol. The standard InChI is InChI=1S/C28H32N4O/c1-31(23-7-3-2-4-8-23)18-16-30-28(33)20-32-17-14-21-11-12-22(19-27(21)32)24-13-15-29-26-10-6-5-9-25(24)26/h5-6,9-15,17,19,23H,2-4,7-8,16,18,20H2,1H3,(H,30,33). The molecule has 4 aromatic rings. The third kappa shape index (κ3) is 4.79. The van der Waals surface area contributed by atoms with Gasteiger partial charge in [-0.15, -0.1) is 0 Å². The molecule has 0 unspecified atom stereocenters. The summed E-state index contributed by atoms with van der Waals surface area (Å²) in [5.41, 5.74) is 4.35. The van der Waals surface area contributed by atoms with Crippen molar-refractivity contribution in [1.29, 1.82) is 0 Å². The normalized spacial score (nSPS) is 14.8. The van der Waals surface area contributed by atoms with Gasteiger partial charge in [0.1, 0.15) is 6.54 Å². The van der Waals surface area contributed by atoms with Crippen LogP contribution in [0.25, 0.3) is 32.9 Å². The van der Waals surface area contributed by atoms with Crippen molar-refractivity contribution in [2.75, 3.05) is 20.1 Å². The minimum absolute atomic E-state index is 0.0595. The number of likely N-dealkylation sites (N-methyl/N-ethyl adjacent to an activating group) is 1. The van der Waals surface area contributed by atoms with E-state index in [9.17, 15) is 4.79 Å². The van der Waals surface area contributed by atoms with Crippen molar-refractivity contribution in [3.8, 4) is 11.1 Å². The lowest BCUT2D eigenvalue weighted by molar-refractivity contribution is -0.121. The Labute approximate surface area is 195 Å². The molecule has 0 radical (unpaired) electrons. The summed E-state index contributed by atoms with van der Waals surface area (Å²) in [6.45, 7) is 1.93. The van der Waals surface area contributed by atoms with Gasteiger partial charge in [0.2, 0.25) is 5.91 Å². The Balaban J connectivity index is 1.27. The molecule has 2 aromatic carbocycles. The lowest BCUT2D eigenvalue weighted by Gasteiger charge is -2.31. The van der Waals surface area contributed by atoms with E-state index in [1.54, 1.807) is 0 Å². The third-order valence-corrected chi connectivity index (χ3v) is 7.03. The first-order chi connectivity index (χ1) is 16.2. The first kappa shape index (κ1) is 21.7. The molecule has 33 heavy (non-hydrogen) atoms. The molecule has 0 saturated heterocycles. The summed E-state index contributed by atoms with van der Waals surface area (Å²) in [7, 11) is 2.19. The van der Waals surface area contributed by atoms with Gasteiger partial charge in [-0.05, 0) is 60.7 Å². The highest BCUT2D eigenvalue weighted by atomic mass is 16.1. The number of nitrogens with zero attached hydrogens (tertiary/aromatic N) is 3. The number of benzene rings is 2. The minimum atomic E-state index is 0.0595. The Hall–Kier alpha value is -3.18. The molecule has 1 aliphatic rings. The highest BCUT2D eigenvalue weighted by molar-refractivity contribution is 5.97. The van der Waals surface area contributed by atoms with Gasteiger partial charge in [0.15, 0.2) is 0 Å². The van der Waals surface area contributed by atoms with E-state index >= 15 is 0 Å². The van der Waals surface area contributed by atoms with Crippen molar-refractivity contribution in [3.05, 3.63) is 67.0 Å². The van der Waals surface area contributed by atoms with Crippen molar-refractivity contribution < 1.29 is 4.79 Å². The number of hydrogen-bond acceptors (Lipinski definition) is 3. The van der Waals surface area contributed by atoms with E-state index in [2.05, 4.69) is 58.6 Å². The summed E-state index contributed by atoms with van der Waals surface area (Å²) < 4.78 is 2.04. The number of amides is 1. The van der Waals surface area contributed by atoms with Crippen molar-refractivity contribution in [3.63, 3.8) is 0 Å². The molecular weight excluding hydrogens is 408 g/mol. The van der Waals surface area contributed by atoms with E-state index < -0.39 is 0 Å². The van der Waals surface area contributed by atoms with E-state index in [1.165, 1.54) is 32.1 Å². The fourth-order valence-electron chi connectivity index (χ4n) is 5.12. The van der Waals surface area contributed by atoms with Crippen LogP contribution in [0.3, 0.4) is 0 Å². The van der Waals surface area contributed by atoms with E-state index in [4.69, 9.17) is 0 Å². The molecule has 2 heterocycles. The number of hydrogen-bond donors (Lipinski definition) is 1. The Bertz CT molecular complexity index is 1250. The van der Waals surface area contributed by atoms with Crippen molar-refractivity contribution in [2.45, 2.75) is 44.7 Å². The van der Waals surface area contributed by atoms with Crippen LogP contribution in [0.2, 0.25) is 0 Å². The van der Waals surface area contributed by atoms with Crippen LogP contribution in [0.4, 0.5) is 0 Å². The Kier molecular flexibility index (Phi) is 6.40. The molecule has 2 aromatic heterocycles. The molecular formula is C28H32N4O. The number of carbonyl (C=O) groups is 1. The smallest absolute Gasteiger partial charge is 0.239 e. The zero-order chi connectivity index (χ0) is 22.6. The highest BCUT2D eigenvalue weighted by Crippen LogP contribution is 2.30. The van der Waals surface area contributed by atoms with E-state index in [0.717, 1.165) is 39.5 Å². The highest BCUT2D eigenvalue weighted by Gasteiger charge is 2.17. The summed E-state index contributed by atoms with van der Waals surface area (Å²) in [4.78, 5) is 19.6. The van der Waals surface area contributed by atoms with Crippen LogP contribution in [-0.2, 0) is 11.3 Å². The van der Waals surface area contributed by atoms with Crippen LogP contribution in [0.1, 0.15) is 32.1 Å². The van der Waals surface area contributed by atoms with E-state index in [1.807, 2.05) is 35.2 Å². The van der Waals surface area contributed by atoms with Gasteiger partial charge < -0.3 is 14.8 Å². The molecule has 0 aliphatic heterocycles. The van der Waals surface area contributed by atoms with Gasteiger partial charge in [-0.25, -0.2) is 0 Å². The molecule has 1 fully saturated rings. The number of pyridine rings is 1. The molecule has 5 heteroatoms.